The van der Waals surface area contributed by atoms with Crippen molar-refractivity contribution in [3.63, 3.8) is 0 Å². The fourth-order valence-corrected chi connectivity index (χ4v) is 8.82. The summed E-state index contributed by atoms with van der Waals surface area (Å²) in [5.74, 6) is -0.805. The SMILES string of the molecule is CCCCCCCCCCCCCCCCCCCCCCCCC(=O)OC[C@H](COP(=O)(O)OCCN)OC(=O)CCCCCCCCCCCCCCCCCCCC. The molecule has 364 valence electrons. The molecule has 1 unspecified atom stereocenters. The second kappa shape index (κ2) is 48.5. The molecule has 0 aromatic carbocycles. The molecule has 0 radical (unpaired) electrons. The summed E-state index contributed by atoms with van der Waals surface area (Å²) in [5, 5.41) is 0. The van der Waals surface area contributed by atoms with Gasteiger partial charge in [0, 0.05) is 19.4 Å². The molecule has 0 fully saturated rings. The van der Waals surface area contributed by atoms with E-state index in [0.717, 1.165) is 32.1 Å². The Balaban J connectivity index is 3.96. The molecule has 0 aliphatic carbocycles. The molecule has 0 amide bonds. The Kier molecular flexibility index (Phi) is 47.7. The average Bonchev–Trinajstić information content (AvgIpc) is 3.25. The molecule has 0 aliphatic heterocycles. The average molecular weight is 888 g/mol. The van der Waals surface area contributed by atoms with Crippen LogP contribution in [0.5, 0.6) is 0 Å². The first-order valence-corrected chi connectivity index (χ1v) is 28.0. The summed E-state index contributed by atoms with van der Waals surface area (Å²) >= 11 is 0. The van der Waals surface area contributed by atoms with E-state index in [-0.39, 0.29) is 38.6 Å². The summed E-state index contributed by atoms with van der Waals surface area (Å²) in [6, 6.07) is 0. The Hall–Kier alpha value is -0.990. The summed E-state index contributed by atoms with van der Waals surface area (Å²) < 4.78 is 33.0. The van der Waals surface area contributed by atoms with E-state index in [1.165, 1.54) is 218 Å². The van der Waals surface area contributed by atoms with E-state index >= 15 is 0 Å². The maximum Gasteiger partial charge on any atom is 0.472 e. The normalized spacial score (nSPS) is 13.0. The number of carbonyl (C=O) groups is 2. The van der Waals surface area contributed by atoms with E-state index < -0.39 is 26.5 Å². The molecule has 0 aromatic rings. The standard InChI is InChI=1S/C51H102NO8P/c1-3-5-7-9-11-13-15-17-19-21-23-24-25-26-28-29-31-33-35-37-39-41-43-50(53)57-47-49(48-59-61(55,56)58-46-45-52)60-51(54)44-42-40-38-36-34-32-30-27-22-20-18-16-14-12-10-8-6-4-2/h49H,3-48,52H2,1-2H3,(H,55,56)/t49-/m1/s1. The first-order valence-electron chi connectivity index (χ1n) is 26.5. The Labute approximate surface area is 377 Å². The van der Waals surface area contributed by atoms with Gasteiger partial charge in [-0.05, 0) is 12.8 Å². The second-order valence-electron chi connectivity index (χ2n) is 18.1. The molecule has 0 aliphatic rings. The number of phosphoric ester groups is 1. The highest BCUT2D eigenvalue weighted by Gasteiger charge is 2.26. The number of ether oxygens (including phenoxy) is 2. The zero-order chi connectivity index (χ0) is 44.6. The fraction of sp³-hybridized carbons (Fsp3) is 0.961. The Bertz CT molecular complexity index is 969. The molecule has 0 spiro atoms. The van der Waals surface area contributed by atoms with Crippen LogP contribution in [-0.2, 0) is 32.7 Å². The quantitative estimate of drug-likeness (QED) is 0.0348. The molecule has 9 nitrogen and oxygen atoms in total. The van der Waals surface area contributed by atoms with Gasteiger partial charge in [-0.25, -0.2) is 4.57 Å². The fourth-order valence-electron chi connectivity index (χ4n) is 8.05. The number of phosphoric acid groups is 1. The lowest BCUT2D eigenvalue weighted by Gasteiger charge is -2.19. The number of rotatable bonds is 51. The van der Waals surface area contributed by atoms with Gasteiger partial charge in [0.2, 0.25) is 0 Å². The topological polar surface area (TPSA) is 134 Å². The lowest BCUT2D eigenvalue weighted by atomic mass is 10.0. The van der Waals surface area contributed by atoms with Crippen LogP contribution in [0.4, 0.5) is 0 Å². The van der Waals surface area contributed by atoms with Gasteiger partial charge in [0.05, 0.1) is 13.2 Å². The summed E-state index contributed by atoms with van der Waals surface area (Å²) in [4.78, 5) is 35.1. The molecular weight excluding hydrogens is 786 g/mol. The predicted octanol–water partition coefficient (Wildman–Crippen LogP) is 16.0. The maximum absolute atomic E-state index is 12.6. The smallest absolute Gasteiger partial charge is 0.462 e. The van der Waals surface area contributed by atoms with E-state index in [4.69, 9.17) is 24.3 Å². The highest BCUT2D eigenvalue weighted by molar-refractivity contribution is 7.47. The van der Waals surface area contributed by atoms with Crippen LogP contribution in [0, 0.1) is 0 Å². The highest BCUT2D eigenvalue weighted by Crippen LogP contribution is 2.43. The number of hydrogen-bond donors (Lipinski definition) is 2. The van der Waals surface area contributed by atoms with Crippen LogP contribution < -0.4 is 5.73 Å². The summed E-state index contributed by atoms with van der Waals surface area (Å²) in [7, 11) is -4.37. The number of carbonyl (C=O) groups excluding carboxylic acids is 2. The van der Waals surface area contributed by atoms with Crippen LogP contribution in [-0.4, -0.2) is 49.3 Å². The number of nitrogens with two attached hydrogens (primary N) is 1. The first kappa shape index (κ1) is 60.0. The monoisotopic (exact) mass is 888 g/mol. The Morgan fingerprint density at radius 2 is 0.705 bits per heavy atom. The minimum atomic E-state index is -4.37. The number of esters is 2. The largest absolute Gasteiger partial charge is 0.472 e. The van der Waals surface area contributed by atoms with Crippen molar-refractivity contribution in [2.75, 3.05) is 26.4 Å². The first-order chi connectivity index (χ1) is 29.8. The van der Waals surface area contributed by atoms with Crippen LogP contribution >= 0.6 is 7.82 Å². The van der Waals surface area contributed by atoms with Gasteiger partial charge in [-0.15, -0.1) is 0 Å². The van der Waals surface area contributed by atoms with Crippen molar-refractivity contribution >= 4 is 19.8 Å². The van der Waals surface area contributed by atoms with E-state index in [1.54, 1.807) is 0 Å². The molecule has 61 heavy (non-hydrogen) atoms. The van der Waals surface area contributed by atoms with Gasteiger partial charge >= 0.3 is 19.8 Å². The zero-order valence-corrected chi connectivity index (χ0v) is 41.3. The number of hydrogen-bond acceptors (Lipinski definition) is 8. The molecule has 2 atom stereocenters. The van der Waals surface area contributed by atoms with Gasteiger partial charge < -0.3 is 20.1 Å². The second-order valence-corrected chi connectivity index (χ2v) is 19.6. The van der Waals surface area contributed by atoms with Crippen molar-refractivity contribution in [1.29, 1.82) is 0 Å². The van der Waals surface area contributed by atoms with Crippen molar-refractivity contribution in [2.24, 2.45) is 5.73 Å². The molecule has 0 rings (SSSR count). The van der Waals surface area contributed by atoms with Crippen molar-refractivity contribution < 1.29 is 37.6 Å². The molecule has 0 saturated carbocycles. The van der Waals surface area contributed by atoms with Gasteiger partial charge in [-0.1, -0.05) is 258 Å². The predicted molar refractivity (Wildman–Crippen MR) is 257 cm³/mol. The van der Waals surface area contributed by atoms with Gasteiger partial charge in [0.25, 0.3) is 0 Å². The summed E-state index contributed by atoms with van der Waals surface area (Å²) in [6.07, 6.45) is 51.4. The lowest BCUT2D eigenvalue weighted by Crippen LogP contribution is -2.29. The molecular formula is C51H102NO8P. The molecule has 0 bridgehead atoms. The van der Waals surface area contributed by atoms with E-state index in [0.29, 0.717) is 6.42 Å². The molecule has 0 heterocycles. The zero-order valence-electron chi connectivity index (χ0n) is 40.4. The van der Waals surface area contributed by atoms with Crippen molar-refractivity contribution in [3.05, 3.63) is 0 Å². The van der Waals surface area contributed by atoms with Crippen molar-refractivity contribution in [1.82, 2.24) is 0 Å². The minimum Gasteiger partial charge on any atom is -0.462 e. The third kappa shape index (κ3) is 48.3. The van der Waals surface area contributed by atoms with E-state index in [2.05, 4.69) is 13.8 Å². The minimum absolute atomic E-state index is 0.0584. The van der Waals surface area contributed by atoms with Gasteiger partial charge in [-0.2, -0.15) is 0 Å². The van der Waals surface area contributed by atoms with E-state index in [9.17, 15) is 19.0 Å². The van der Waals surface area contributed by atoms with E-state index in [1.807, 2.05) is 0 Å². The van der Waals surface area contributed by atoms with Gasteiger partial charge in [0.1, 0.15) is 6.61 Å². The van der Waals surface area contributed by atoms with Crippen LogP contribution in [0.2, 0.25) is 0 Å². The summed E-state index contributed by atoms with van der Waals surface area (Å²) in [5.41, 5.74) is 5.37. The maximum atomic E-state index is 12.6. The van der Waals surface area contributed by atoms with Crippen molar-refractivity contribution in [3.8, 4) is 0 Å². The Morgan fingerprint density at radius 3 is 1.00 bits per heavy atom. The third-order valence-corrected chi connectivity index (χ3v) is 13.0. The van der Waals surface area contributed by atoms with Crippen LogP contribution in [0.1, 0.15) is 284 Å². The summed E-state index contributed by atoms with van der Waals surface area (Å²) in [6.45, 7) is 3.81. The molecule has 3 N–H and O–H groups in total. The van der Waals surface area contributed by atoms with Crippen LogP contribution in [0.15, 0.2) is 0 Å². The molecule has 0 saturated heterocycles. The third-order valence-electron chi connectivity index (χ3n) is 12.0. The lowest BCUT2D eigenvalue weighted by molar-refractivity contribution is -0.161. The van der Waals surface area contributed by atoms with Crippen LogP contribution in [0.25, 0.3) is 0 Å². The van der Waals surface area contributed by atoms with Crippen LogP contribution in [0.3, 0.4) is 0 Å². The van der Waals surface area contributed by atoms with Gasteiger partial charge in [0.15, 0.2) is 6.10 Å². The number of unbranched alkanes of at least 4 members (excludes halogenated alkanes) is 38. The molecule has 0 aromatic heterocycles. The van der Waals surface area contributed by atoms with Crippen molar-refractivity contribution in [2.45, 2.75) is 290 Å². The molecule has 10 heteroatoms. The van der Waals surface area contributed by atoms with Gasteiger partial charge in [-0.3, -0.25) is 18.6 Å². The highest BCUT2D eigenvalue weighted by atomic mass is 31.2. The Morgan fingerprint density at radius 1 is 0.426 bits per heavy atom.